The summed E-state index contributed by atoms with van der Waals surface area (Å²) >= 11 is 3.35. The molecular formula is C17H18BrN3O2. The van der Waals surface area contributed by atoms with Crippen molar-refractivity contribution in [2.75, 3.05) is 5.32 Å². The van der Waals surface area contributed by atoms with Gasteiger partial charge >= 0.3 is 0 Å². The van der Waals surface area contributed by atoms with Crippen LogP contribution in [-0.2, 0) is 16.1 Å². The van der Waals surface area contributed by atoms with E-state index in [1.54, 1.807) is 38.4 Å². The lowest BCUT2D eigenvalue weighted by molar-refractivity contribution is -0.138. The summed E-state index contributed by atoms with van der Waals surface area (Å²) in [6.07, 6.45) is 3.32. The van der Waals surface area contributed by atoms with Gasteiger partial charge in [-0.3, -0.25) is 14.6 Å². The molecular weight excluding hydrogens is 358 g/mol. The van der Waals surface area contributed by atoms with Crippen molar-refractivity contribution in [3.63, 3.8) is 0 Å². The van der Waals surface area contributed by atoms with E-state index in [4.69, 9.17) is 0 Å². The van der Waals surface area contributed by atoms with E-state index in [9.17, 15) is 9.59 Å². The molecule has 23 heavy (non-hydrogen) atoms. The van der Waals surface area contributed by atoms with Crippen molar-refractivity contribution in [2.24, 2.45) is 5.41 Å². The first-order valence-electron chi connectivity index (χ1n) is 7.14. The molecule has 1 heterocycles. The fraction of sp³-hybridized carbons (Fsp3) is 0.235. The van der Waals surface area contributed by atoms with Crippen LogP contribution in [0.5, 0.6) is 0 Å². The van der Waals surface area contributed by atoms with E-state index in [0.29, 0.717) is 12.2 Å². The zero-order chi connectivity index (χ0) is 16.9. The maximum Gasteiger partial charge on any atom is 0.239 e. The third kappa shape index (κ3) is 4.63. The maximum absolute atomic E-state index is 12.4. The van der Waals surface area contributed by atoms with Crippen LogP contribution in [0.25, 0.3) is 0 Å². The quantitative estimate of drug-likeness (QED) is 0.788. The number of amides is 2. The number of rotatable bonds is 5. The smallest absolute Gasteiger partial charge is 0.239 e. The number of nitrogens with one attached hydrogen (secondary N) is 2. The Balaban J connectivity index is 1.98. The number of anilines is 1. The average molecular weight is 376 g/mol. The standard InChI is InChI=1S/C17H18BrN3O2/c1-17(2,15(22)20-11-12-6-8-19-9-7-12)16(23)21-14-5-3-4-13(18)10-14/h3-10H,11H2,1-2H3,(H,20,22)(H,21,23). The number of halogens is 1. The summed E-state index contributed by atoms with van der Waals surface area (Å²) < 4.78 is 0.857. The van der Waals surface area contributed by atoms with E-state index in [1.807, 2.05) is 24.3 Å². The van der Waals surface area contributed by atoms with Crippen LogP contribution in [0.4, 0.5) is 5.69 Å². The molecule has 0 atom stereocenters. The van der Waals surface area contributed by atoms with Gasteiger partial charge in [0.05, 0.1) is 0 Å². The van der Waals surface area contributed by atoms with Gasteiger partial charge in [-0.1, -0.05) is 22.0 Å². The molecule has 0 fully saturated rings. The third-order valence-corrected chi connectivity index (χ3v) is 3.91. The minimum atomic E-state index is -1.19. The van der Waals surface area contributed by atoms with Gasteiger partial charge in [-0.25, -0.2) is 0 Å². The second kappa shape index (κ2) is 7.37. The number of aromatic nitrogens is 1. The van der Waals surface area contributed by atoms with E-state index in [-0.39, 0.29) is 11.8 Å². The molecule has 0 saturated heterocycles. The third-order valence-electron chi connectivity index (χ3n) is 3.42. The molecule has 2 rings (SSSR count). The van der Waals surface area contributed by atoms with Crippen molar-refractivity contribution >= 4 is 33.4 Å². The summed E-state index contributed by atoms with van der Waals surface area (Å²) in [5.74, 6) is -0.690. The van der Waals surface area contributed by atoms with Crippen molar-refractivity contribution in [2.45, 2.75) is 20.4 Å². The average Bonchev–Trinajstić information content (AvgIpc) is 2.53. The van der Waals surface area contributed by atoms with E-state index in [0.717, 1.165) is 10.0 Å². The summed E-state index contributed by atoms with van der Waals surface area (Å²) in [7, 11) is 0. The highest BCUT2D eigenvalue weighted by Gasteiger charge is 2.35. The number of nitrogens with zero attached hydrogens (tertiary/aromatic N) is 1. The van der Waals surface area contributed by atoms with Crippen molar-refractivity contribution < 1.29 is 9.59 Å². The Morgan fingerprint density at radius 3 is 2.48 bits per heavy atom. The molecule has 5 nitrogen and oxygen atoms in total. The second-order valence-corrected chi connectivity index (χ2v) is 6.54. The predicted octanol–water partition coefficient (Wildman–Crippen LogP) is 3.13. The topological polar surface area (TPSA) is 71.1 Å². The van der Waals surface area contributed by atoms with Crippen LogP contribution >= 0.6 is 15.9 Å². The molecule has 6 heteroatoms. The largest absolute Gasteiger partial charge is 0.351 e. The van der Waals surface area contributed by atoms with E-state index >= 15 is 0 Å². The SMILES string of the molecule is CC(C)(C(=O)NCc1ccncc1)C(=O)Nc1cccc(Br)c1. The van der Waals surface area contributed by atoms with Gasteiger partial charge in [-0.05, 0) is 49.7 Å². The molecule has 2 N–H and O–H groups in total. The normalized spacial score (nSPS) is 10.9. The Morgan fingerprint density at radius 1 is 1.13 bits per heavy atom. The molecule has 0 aliphatic heterocycles. The molecule has 0 spiro atoms. The number of carbonyl (C=O) groups is 2. The Hall–Kier alpha value is -2.21. The van der Waals surface area contributed by atoms with Gasteiger partial charge < -0.3 is 10.6 Å². The lowest BCUT2D eigenvalue weighted by Gasteiger charge is -2.22. The minimum absolute atomic E-state index is 0.332. The van der Waals surface area contributed by atoms with E-state index in [2.05, 4.69) is 31.5 Å². The number of benzene rings is 1. The van der Waals surface area contributed by atoms with Crippen LogP contribution in [0.1, 0.15) is 19.4 Å². The maximum atomic E-state index is 12.4. The molecule has 0 unspecified atom stereocenters. The number of hydrogen-bond donors (Lipinski definition) is 2. The summed E-state index contributed by atoms with van der Waals surface area (Å²) in [4.78, 5) is 28.7. The summed E-state index contributed by atoms with van der Waals surface area (Å²) in [5, 5.41) is 5.54. The molecule has 0 aliphatic rings. The van der Waals surface area contributed by atoms with Gasteiger partial charge in [0.25, 0.3) is 0 Å². The fourth-order valence-corrected chi connectivity index (χ4v) is 2.26. The molecule has 2 aromatic rings. The van der Waals surface area contributed by atoms with Crippen molar-refractivity contribution in [1.29, 1.82) is 0 Å². The summed E-state index contributed by atoms with van der Waals surface area (Å²) in [6.45, 7) is 3.55. The van der Waals surface area contributed by atoms with Crippen LogP contribution in [0.3, 0.4) is 0 Å². The monoisotopic (exact) mass is 375 g/mol. The van der Waals surface area contributed by atoms with E-state index in [1.165, 1.54) is 0 Å². The number of pyridine rings is 1. The highest BCUT2D eigenvalue weighted by Crippen LogP contribution is 2.21. The first kappa shape index (κ1) is 17.1. The lowest BCUT2D eigenvalue weighted by Crippen LogP contribution is -2.44. The highest BCUT2D eigenvalue weighted by molar-refractivity contribution is 9.10. The highest BCUT2D eigenvalue weighted by atomic mass is 79.9. The summed E-state index contributed by atoms with van der Waals surface area (Å²) in [5.41, 5.74) is 0.381. The van der Waals surface area contributed by atoms with Crippen LogP contribution in [0.2, 0.25) is 0 Å². The zero-order valence-corrected chi connectivity index (χ0v) is 14.6. The Morgan fingerprint density at radius 2 is 1.83 bits per heavy atom. The molecule has 2 amide bonds. The number of carbonyl (C=O) groups excluding carboxylic acids is 2. The molecule has 0 aliphatic carbocycles. The molecule has 1 aromatic heterocycles. The van der Waals surface area contributed by atoms with Crippen molar-refractivity contribution in [1.82, 2.24) is 10.3 Å². The fourth-order valence-electron chi connectivity index (χ4n) is 1.86. The molecule has 0 saturated carbocycles. The van der Waals surface area contributed by atoms with Gasteiger partial charge in [-0.15, -0.1) is 0 Å². The molecule has 0 bridgehead atoms. The zero-order valence-electron chi connectivity index (χ0n) is 13.0. The van der Waals surface area contributed by atoms with Gasteiger partial charge in [0.1, 0.15) is 5.41 Å². The Kier molecular flexibility index (Phi) is 5.50. The Labute approximate surface area is 143 Å². The lowest BCUT2D eigenvalue weighted by atomic mass is 9.91. The van der Waals surface area contributed by atoms with E-state index < -0.39 is 5.41 Å². The minimum Gasteiger partial charge on any atom is -0.351 e. The molecule has 1 aromatic carbocycles. The molecule has 0 radical (unpaired) electrons. The van der Waals surface area contributed by atoms with Gasteiger partial charge in [0, 0.05) is 29.1 Å². The number of hydrogen-bond acceptors (Lipinski definition) is 3. The van der Waals surface area contributed by atoms with Crippen LogP contribution in [0.15, 0.2) is 53.3 Å². The van der Waals surface area contributed by atoms with Crippen LogP contribution in [0, 0.1) is 5.41 Å². The second-order valence-electron chi connectivity index (χ2n) is 5.63. The van der Waals surface area contributed by atoms with Gasteiger partial charge in [0.15, 0.2) is 0 Å². The Bertz CT molecular complexity index is 702. The first-order chi connectivity index (χ1) is 10.9. The predicted molar refractivity (Wildman–Crippen MR) is 92.6 cm³/mol. The van der Waals surface area contributed by atoms with Crippen molar-refractivity contribution in [3.05, 3.63) is 58.8 Å². The van der Waals surface area contributed by atoms with Gasteiger partial charge in [0.2, 0.25) is 11.8 Å². The first-order valence-corrected chi connectivity index (χ1v) is 7.93. The van der Waals surface area contributed by atoms with Gasteiger partial charge in [-0.2, -0.15) is 0 Å². The summed E-state index contributed by atoms with van der Waals surface area (Å²) in [6, 6.07) is 10.9. The molecule has 120 valence electrons. The van der Waals surface area contributed by atoms with Crippen LogP contribution < -0.4 is 10.6 Å². The van der Waals surface area contributed by atoms with Crippen LogP contribution in [-0.4, -0.2) is 16.8 Å². The van der Waals surface area contributed by atoms with Crippen molar-refractivity contribution in [3.8, 4) is 0 Å².